The van der Waals surface area contributed by atoms with Crippen molar-refractivity contribution >= 4 is 11.5 Å². The predicted molar refractivity (Wildman–Crippen MR) is 72.6 cm³/mol. The summed E-state index contributed by atoms with van der Waals surface area (Å²) in [6.45, 7) is 0. The van der Waals surface area contributed by atoms with E-state index in [1.165, 1.54) is 12.8 Å². The summed E-state index contributed by atoms with van der Waals surface area (Å²) in [7, 11) is 0. The van der Waals surface area contributed by atoms with Crippen molar-refractivity contribution < 1.29 is 0 Å². The molecule has 1 saturated carbocycles. The van der Waals surface area contributed by atoms with E-state index < -0.39 is 0 Å². The zero-order chi connectivity index (χ0) is 12.8. The van der Waals surface area contributed by atoms with Crippen LogP contribution >= 0.6 is 0 Å². The maximum Gasteiger partial charge on any atom is 0.155 e. The molecule has 1 fully saturated rings. The molecule has 0 radical (unpaired) electrons. The first-order valence-corrected chi connectivity index (χ1v) is 6.37. The summed E-state index contributed by atoms with van der Waals surface area (Å²) < 4.78 is 2.04. The Labute approximate surface area is 110 Å². The van der Waals surface area contributed by atoms with Crippen LogP contribution in [0.1, 0.15) is 24.5 Å². The molecule has 0 unspecified atom stereocenters. The van der Waals surface area contributed by atoms with Crippen LogP contribution in [0.3, 0.4) is 0 Å². The lowest BCUT2D eigenvalue weighted by Gasteiger charge is -2.04. The topological polar surface area (TPSA) is 69.1 Å². The van der Waals surface area contributed by atoms with Crippen LogP contribution in [0.5, 0.6) is 0 Å². The van der Waals surface area contributed by atoms with E-state index in [0.29, 0.717) is 11.7 Å². The number of fused-ring (bicyclic) bond motifs is 1. The normalized spacial score (nSPS) is 14.9. The third-order valence-corrected chi connectivity index (χ3v) is 3.44. The third-order valence-electron chi connectivity index (χ3n) is 3.44. The summed E-state index contributed by atoms with van der Waals surface area (Å²) in [6.07, 6.45) is 8.18. The van der Waals surface area contributed by atoms with Crippen molar-refractivity contribution in [2.24, 2.45) is 0 Å². The molecule has 5 nitrogen and oxygen atoms in total. The summed E-state index contributed by atoms with van der Waals surface area (Å²) in [5.41, 5.74) is 9.50. The SMILES string of the molecule is Nc1cccc(-c2cnc3cnc(C4CC4)cn23)n1. The fourth-order valence-electron chi connectivity index (χ4n) is 2.28. The van der Waals surface area contributed by atoms with Crippen molar-refractivity contribution in [1.82, 2.24) is 19.4 Å². The molecular weight excluding hydrogens is 238 g/mol. The minimum Gasteiger partial charge on any atom is -0.384 e. The van der Waals surface area contributed by atoms with Crippen molar-refractivity contribution in [1.29, 1.82) is 0 Å². The minimum atomic E-state index is 0.518. The molecule has 3 heterocycles. The summed E-state index contributed by atoms with van der Waals surface area (Å²) in [5, 5.41) is 0. The molecule has 0 bridgehead atoms. The lowest BCUT2D eigenvalue weighted by molar-refractivity contribution is 0.971. The first-order valence-electron chi connectivity index (χ1n) is 6.37. The highest BCUT2D eigenvalue weighted by Gasteiger charge is 2.25. The van der Waals surface area contributed by atoms with Crippen molar-refractivity contribution in [3.8, 4) is 11.4 Å². The van der Waals surface area contributed by atoms with Gasteiger partial charge in [0.05, 0.1) is 29.5 Å². The second-order valence-corrected chi connectivity index (χ2v) is 4.91. The number of hydrogen-bond donors (Lipinski definition) is 1. The van der Waals surface area contributed by atoms with Crippen LogP contribution in [0.4, 0.5) is 5.82 Å². The standard InChI is InChI=1S/C14H13N5/c15-13-3-1-2-10(18-13)12-6-17-14-7-16-11(8-19(12)14)9-4-5-9/h1-3,6-9H,4-5H2,(H2,15,18). The highest BCUT2D eigenvalue weighted by atomic mass is 15.0. The largest absolute Gasteiger partial charge is 0.384 e. The summed E-state index contributed by atoms with van der Waals surface area (Å²) >= 11 is 0. The Morgan fingerprint density at radius 2 is 2.05 bits per heavy atom. The summed E-state index contributed by atoms with van der Waals surface area (Å²) in [5.74, 6) is 1.14. The molecule has 5 heteroatoms. The fourth-order valence-corrected chi connectivity index (χ4v) is 2.28. The van der Waals surface area contributed by atoms with E-state index in [2.05, 4.69) is 21.1 Å². The van der Waals surface area contributed by atoms with Gasteiger partial charge >= 0.3 is 0 Å². The molecule has 19 heavy (non-hydrogen) atoms. The van der Waals surface area contributed by atoms with Crippen LogP contribution in [0.15, 0.2) is 36.8 Å². The molecule has 2 N–H and O–H groups in total. The smallest absolute Gasteiger partial charge is 0.155 e. The second kappa shape index (κ2) is 3.78. The average Bonchev–Trinajstić information content (AvgIpc) is 3.18. The quantitative estimate of drug-likeness (QED) is 0.758. The Morgan fingerprint density at radius 3 is 2.84 bits per heavy atom. The number of nitrogens with two attached hydrogens (primary N) is 1. The van der Waals surface area contributed by atoms with Gasteiger partial charge in [-0.2, -0.15) is 0 Å². The van der Waals surface area contributed by atoms with Crippen LogP contribution in [0.25, 0.3) is 17.0 Å². The lowest BCUT2D eigenvalue weighted by atomic mass is 10.2. The highest BCUT2D eigenvalue weighted by molar-refractivity contribution is 5.61. The van der Waals surface area contributed by atoms with Crippen LogP contribution in [0.2, 0.25) is 0 Å². The van der Waals surface area contributed by atoms with Gasteiger partial charge in [-0.15, -0.1) is 0 Å². The van der Waals surface area contributed by atoms with Gasteiger partial charge in [0.25, 0.3) is 0 Å². The van der Waals surface area contributed by atoms with E-state index in [9.17, 15) is 0 Å². The molecular formula is C14H13N5. The Bertz CT molecular complexity index is 757. The molecule has 1 aliphatic rings. The van der Waals surface area contributed by atoms with E-state index in [0.717, 1.165) is 22.7 Å². The summed E-state index contributed by atoms with van der Waals surface area (Å²) in [4.78, 5) is 13.2. The molecule has 3 aromatic rings. The maximum absolute atomic E-state index is 5.74. The van der Waals surface area contributed by atoms with E-state index >= 15 is 0 Å². The van der Waals surface area contributed by atoms with E-state index in [4.69, 9.17) is 5.73 Å². The van der Waals surface area contributed by atoms with Gasteiger partial charge in [0.15, 0.2) is 5.65 Å². The third kappa shape index (κ3) is 1.74. The molecule has 0 spiro atoms. The van der Waals surface area contributed by atoms with Gasteiger partial charge in [-0.25, -0.2) is 9.97 Å². The highest BCUT2D eigenvalue weighted by Crippen LogP contribution is 2.39. The number of anilines is 1. The van der Waals surface area contributed by atoms with Gasteiger partial charge in [-0.3, -0.25) is 9.38 Å². The Kier molecular flexibility index (Phi) is 2.09. The van der Waals surface area contributed by atoms with E-state index in [-0.39, 0.29) is 0 Å². The van der Waals surface area contributed by atoms with Crippen LogP contribution in [-0.4, -0.2) is 19.4 Å². The Morgan fingerprint density at radius 1 is 1.16 bits per heavy atom. The molecule has 3 aromatic heterocycles. The van der Waals surface area contributed by atoms with Crippen LogP contribution < -0.4 is 5.73 Å². The number of hydrogen-bond acceptors (Lipinski definition) is 4. The predicted octanol–water partition coefficient (Wildman–Crippen LogP) is 2.25. The Hall–Kier alpha value is -2.43. The van der Waals surface area contributed by atoms with Gasteiger partial charge in [-0.05, 0) is 25.0 Å². The van der Waals surface area contributed by atoms with Gasteiger partial charge in [0, 0.05) is 12.1 Å². The monoisotopic (exact) mass is 251 g/mol. The van der Waals surface area contributed by atoms with E-state index in [1.54, 1.807) is 6.07 Å². The van der Waals surface area contributed by atoms with Gasteiger partial charge in [-0.1, -0.05) is 6.07 Å². The lowest BCUT2D eigenvalue weighted by Crippen LogP contribution is -1.97. The molecule has 0 aliphatic heterocycles. The molecule has 0 aromatic carbocycles. The molecule has 1 aliphatic carbocycles. The van der Waals surface area contributed by atoms with Gasteiger partial charge in [0.2, 0.25) is 0 Å². The molecule has 94 valence electrons. The number of aromatic nitrogens is 4. The van der Waals surface area contributed by atoms with Crippen LogP contribution in [-0.2, 0) is 0 Å². The first kappa shape index (κ1) is 10.5. The number of rotatable bonds is 2. The number of nitrogen functional groups attached to an aromatic ring is 1. The molecule has 4 rings (SSSR count). The molecule has 0 amide bonds. The zero-order valence-corrected chi connectivity index (χ0v) is 10.3. The average molecular weight is 251 g/mol. The number of imidazole rings is 1. The fraction of sp³-hybridized carbons (Fsp3) is 0.214. The van der Waals surface area contributed by atoms with Crippen molar-refractivity contribution in [2.45, 2.75) is 18.8 Å². The molecule has 0 atom stereocenters. The van der Waals surface area contributed by atoms with E-state index in [1.807, 2.05) is 28.9 Å². The Balaban J connectivity index is 1.91. The summed E-state index contributed by atoms with van der Waals surface area (Å²) in [6, 6.07) is 5.63. The second-order valence-electron chi connectivity index (χ2n) is 4.91. The van der Waals surface area contributed by atoms with Crippen molar-refractivity contribution in [3.05, 3.63) is 42.5 Å². The molecule has 0 saturated heterocycles. The van der Waals surface area contributed by atoms with Gasteiger partial charge < -0.3 is 5.73 Å². The van der Waals surface area contributed by atoms with Gasteiger partial charge in [0.1, 0.15) is 5.82 Å². The number of nitrogens with zero attached hydrogens (tertiary/aromatic N) is 4. The first-order chi connectivity index (χ1) is 9.31. The zero-order valence-electron chi connectivity index (χ0n) is 10.3. The minimum absolute atomic E-state index is 0.518. The van der Waals surface area contributed by atoms with Crippen molar-refractivity contribution in [2.75, 3.05) is 5.73 Å². The van der Waals surface area contributed by atoms with Crippen molar-refractivity contribution in [3.63, 3.8) is 0 Å². The number of pyridine rings is 1. The van der Waals surface area contributed by atoms with Crippen LogP contribution in [0, 0.1) is 0 Å². The maximum atomic E-state index is 5.74.